The molecule has 2 aliphatic rings. The van der Waals surface area contributed by atoms with E-state index in [2.05, 4.69) is 30.3 Å². The Morgan fingerprint density at radius 3 is 2.39 bits per heavy atom. The van der Waals surface area contributed by atoms with E-state index in [0.717, 1.165) is 43.6 Å². The molecular weight excluding hydrogens is 390 g/mol. The van der Waals surface area contributed by atoms with Crippen molar-refractivity contribution in [1.82, 2.24) is 14.4 Å². The van der Waals surface area contributed by atoms with E-state index in [0.29, 0.717) is 45.1 Å². The van der Waals surface area contributed by atoms with Gasteiger partial charge in [-0.3, -0.25) is 9.59 Å². The first-order chi connectivity index (χ1) is 15.1. The normalized spacial score (nSPS) is 17.7. The van der Waals surface area contributed by atoms with E-state index in [4.69, 9.17) is 4.74 Å². The molecular formula is C25H33N3O3. The van der Waals surface area contributed by atoms with E-state index in [1.165, 1.54) is 5.56 Å². The monoisotopic (exact) mass is 423 g/mol. The average Bonchev–Trinajstić information content (AvgIpc) is 3.19. The summed E-state index contributed by atoms with van der Waals surface area (Å²) in [7, 11) is 1.92. The fourth-order valence-corrected chi connectivity index (χ4v) is 4.65. The third kappa shape index (κ3) is 5.56. The van der Waals surface area contributed by atoms with Gasteiger partial charge >= 0.3 is 0 Å². The van der Waals surface area contributed by atoms with Crippen LogP contribution in [0.15, 0.2) is 42.6 Å². The molecule has 0 atom stereocenters. The van der Waals surface area contributed by atoms with Crippen molar-refractivity contribution in [2.45, 2.75) is 32.1 Å². The maximum atomic E-state index is 13.1. The first kappa shape index (κ1) is 21.6. The summed E-state index contributed by atoms with van der Waals surface area (Å²) in [4.78, 5) is 29.4. The highest BCUT2D eigenvalue weighted by Gasteiger charge is 2.25. The van der Waals surface area contributed by atoms with E-state index in [9.17, 15) is 9.59 Å². The van der Waals surface area contributed by atoms with Crippen LogP contribution in [-0.2, 0) is 29.4 Å². The zero-order valence-corrected chi connectivity index (χ0v) is 18.5. The van der Waals surface area contributed by atoms with Gasteiger partial charge in [0.25, 0.3) is 5.91 Å². The van der Waals surface area contributed by atoms with Gasteiger partial charge < -0.3 is 19.1 Å². The summed E-state index contributed by atoms with van der Waals surface area (Å²) in [5.74, 6) is 0.911. The van der Waals surface area contributed by atoms with Crippen molar-refractivity contribution in [3.8, 4) is 0 Å². The van der Waals surface area contributed by atoms with Crippen LogP contribution >= 0.6 is 0 Å². The maximum absolute atomic E-state index is 13.1. The molecule has 2 amide bonds. The van der Waals surface area contributed by atoms with Crippen LogP contribution in [0.5, 0.6) is 0 Å². The number of morpholine rings is 1. The Morgan fingerprint density at radius 2 is 1.68 bits per heavy atom. The van der Waals surface area contributed by atoms with E-state index in [1.54, 1.807) is 0 Å². The molecule has 0 unspecified atom stereocenters. The number of aromatic nitrogens is 1. The average molecular weight is 424 g/mol. The lowest BCUT2D eigenvalue weighted by molar-refractivity contribution is -0.135. The van der Waals surface area contributed by atoms with Crippen LogP contribution in [0.1, 0.15) is 40.9 Å². The fraction of sp³-hybridized carbons (Fsp3) is 0.520. The van der Waals surface area contributed by atoms with Gasteiger partial charge in [-0.25, -0.2) is 0 Å². The van der Waals surface area contributed by atoms with Crippen LogP contribution in [-0.4, -0.2) is 65.6 Å². The molecule has 31 heavy (non-hydrogen) atoms. The Hall–Kier alpha value is -2.60. The van der Waals surface area contributed by atoms with Crippen LogP contribution in [0.25, 0.3) is 0 Å². The molecule has 0 radical (unpaired) electrons. The Balaban J connectivity index is 1.28. The number of ether oxygens (including phenoxy) is 1. The Morgan fingerprint density at radius 1 is 0.968 bits per heavy atom. The lowest BCUT2D eigenvalue weighted by Crippen LogP contribution is -2.40. The third-order valence-corrected chi connectivity index (χ3v) is 6.54. The number of piperidine rings is 1. The second-order valence-corrected chi connectivity index (χ2v) is 8.76. The van der Waals surface area contributed by atoms with Crippen LogP contribution in [0.3, 0.4) is 0 Å². The number of amides is 2. The van der Waals surface area contributed by atoms with Crippen molar-refractivity contribution in [3.63, 3.8) is 0 Å². The highest BCUT2D eigenvalue weighted by Crippen LogP contribution is 2.23. The van der Waals surface area contributed by atoms with Gasteiger partial charge in [0.1, 0.15) is 5.69 Å². The number of carbonyl (C=O) groups excluding carboxylic acids is 2. The number of rotatable bonds is 6. The van der Waals surface area contributed by atoms with Crippen molar-refractivity contribution >= 4 is 11.8 Å². The zero-order valence-electron chi connectivity index (χ0n) is 18.5. The van der Waals surface area contributed by atoms with Gasteiger partial charge in [0.05, 0.1) is 13.2 Å². The van der Waals surface area contributed by atoms with Gasteiger partial charge in [-0.1, -0.05) is 30.3 Å². The van der Waals surface area contributed by atoms with Crippen molar-refractivity contribution in [1.29, 1.82) is 0 Å². The van der Waals surface area contributed by atoms with Gasteiger partial charge in [0.2, 0.25) is 5.91 Å². The lowest BCUT2D eigenvalue weighted by Gasteiger charge is -2.32. The molecule has 6 nitrogen and oxygen atoms in total. The molecule has 0 aliphatic carbocycles. The highest BCUT2D eigenvalue weighted by atomic mass is 16.5. The number of benzene rings is 1. The van der Waals surface area contributed by atoms with Crippen LogP contribution in [0, 0.1) is 5.92 Å². The Labute approximate surface area is 184 Å². The van der Waals surface area contributed by atoms with Gasteiger partial charge in [0.15, 0.2) is 0 Å². The number of hydrogen-bond donors (Lipinski definition) is 0. The quantitative estimate of drug-likeness (QED) is 0.718. The number of aryl methyl sites for hydroxylation is 2. The molecule has 2 fully saturated rings. The molecule has 2 aliphatic heterocycles. The molecule has 1 aromatic heterocycles. The molecule has 2 aromatic rings. The maximum Gasteiger partial charge on any atom is 0.270 e. The van der Waals surface area contributed by atoms with Gasteiger partial charge in [-0.15, -0.1) is 0 Å². The smallest absolute Gasteiger partial charge is 0.270 e. The summed E-state index contributed by atoms with van der Waals surface area (Å²) in [5, 5.41) is 0. The summed E-state index contributed by atoms with van der Waals surface area (Å²) in [6.07, 6.45) is 6.31. The summed E-state index contributed by atoms with van der Waals surface area (Å²) in [6, 6.07) is 12.6. The van der Waals surface area contributed by atoms with Crippen LogP contribution in [0.2, 0.25) is 0 Å². The van der Waals surface area contributed by atoms with E-state index in [-0.39, 0.29) is 11.8 Å². The molecule has 6 heteroatoms. The topological polar surface area (TPSA) is 54.8 Å². The standard InChI is InChI=1S/C25H33N3O3/c1-26-19-22(7-8-24(29)27-13-15-31-16-14-27)18-23(26)25(30)28-11-9-21(10-12-28)17-20-5-3-2-4-6-20/h2-6,18-19,21H,7-17H2,1H3. The summed E-state index contributed by atoms with van der Waals surface area (Å²) in [5.41, 5.74) is 3.15. The molecule has 0 N–H and O–H groups in total. The summed E-state index contributed by atoms with van der Waals surface area (Å²) >= 11 is 0. The lowest BCUT2D eigenvalue weighted by atomic mass is 9.90. The van der Waals surface area contributed by atoms with Crippen molar-refractivity contribution in [2.75, 3.05) is 39.4 Å². The van der Waals surface area contributed by atoms with Crippen molar-refractivity contribution in [3.05, 3.63) is 59.4 Å². The molecule has 1 aromatic carbocycles. The summed E-state index contributed by atoms with van der Waals surface area (Å²) in [6.45, 7) is 4.23. The highest BCUT2D eigenvalue weighted by molar-refractivity contribution is 5.93. The predicted molar refractivity (Wildman–Crippen MR) is 120 cm³/mol. The largest absolute Gasteiger partial charge is 0.378 e. The van der Waals surface area contributed by atoms with Gasteiger partial charge in [-0.05, 0) is 48.8 Å². The third-order valence-electron chi connectivity index (χ3n) is 6.54. The minimum atomic E-state index is 0.103. The molecule has 2 saturated heterocycles. The molecule has 3 heterocycles. The molecule has 166 valence electrons. The molecule has 0 bridgehead atoms. The van der Waals surface area contributed by atoms with Gasteiger partial charge in [0, 0.05) is 45.8 Å². The van der Waals surface area contributed by atoms with Crippen molar-refractivity contribution < 1.29 is 14.3 Å². The number of likely N-dealkylation sites (tertiary alicyclic amines) is 1. The second kappa shape index (κ2) is 10.1. The molecule has 0 spiro atoms. The molecule has 4 rings (SSSR count). The van der Waals surface area contributed by atoms with Crippen LogP contribution in [0.4, 0.5) is 0 Å². The summed E-state index contributed by atoms with van der Waals surface area (Å²) < 4.78 is 7.22. The number of nitrogens with zero attached hydrogens (tertiary/aromatic N) is 3. The second-order valence-electron chi connectivity index (χ2n) is 8.76. The SMILES string of the molecule is Cn1cc(CCC(=O)N2CCOCC2)cc1C(=O)N1CCC(Cc2ccccc2)CC1. The first-order valence-electron chi connectivity index (χ1n) is 11.4. The fourth-order valence-electron chi connectivity index (χ4n) is 4.65. The van der Waals surface area contributed by atoms with E-state index < -0.39 is 0 Å². The van der Waals surface area contributed by atoms with Crippen molar-refractivity contribution in [2.24, 2.45) is 13.0 Å². The number of carbonyl (C=O) groups is 2. The zero-order chi connectivity index (χ0) is 21.6. The van der Waals surface area contributed by atoms with E-state index >= 15 is 0 Å². The minimum Gasteiger partial charge on any atom is -0.378 e. The minimum absolute atomic E-state index is 0.103. The Kier molecular flexibility index (Phi) is 7.07. The Bertz CT molecular complexity index is 879. The van der Waals surface area contributed by atoms with Gasteiger partial charge in [-0.2, -0.15) is 0 Å². The van der Waals surface area contributed by atoms with Crippen LogP contribution < -0.4 is 0 Å². The van der Waals surface area contributed by atoms with E-state index in [1.807, 2.05) is 33.7 Å². The predicted octanol–water partition coefficient (Wildman–Crippen LogP) is 2.91. The first-order valence-corrected chi connectivity index (χ1v) is 11.4. The number of hydrogen-bond acceptors (Lipinski definition) is 3. The molecule has 0 saturated carbocycles.